The monoisotopic (exact) mass is 266 g/mol. The summed E-state index contributed by atoms with van der Waals surface area (Å²) in [6, 6.07) is 4.69. The molecule has 1 heterocycles. The van der Waals surface area contributed by atoms with E-state index in [9.17, 15) is 14.5 Å². The topological polar surface area (TPSA) is 78.4 Å². The molecule has 0 fully saturated rings. The van der Waals surface area contributed by atoms with Crippen LogP contribution in [0.5, 0.6) is 5.75 Å². The lowest BCUT2D eigenvalue weighted by molar-refractivity contribution is -0.386. The van der Waals surface area contributed by atoms with Gasteiger partial charge in [-0.2, -0.15) is 0 Å². The van der Waals surface area contributed by atoms with Crippen molar-refractivity contribution in [1.29, 1.82) is 0 Å². The molecular weight excluding hydrogens is 255 g/mol. The van der Waals surface area contributed by atoms with Gasteiger partial charge in [0.2, 0.25) is 5.75 Å². The molecule has 0 amide bonds. The third kappa shape index (κ3) is 2.87. The zero-order valence-corrected chi connectivity index (χ0v) is 10.3. The molecule has 0 saturated heterocycles. The fraction of sp³-hybridized carbons (Fsp3) is 0.250. The number of rotatable bonds is 4. The quantitative estimate of drug-likeness (QED) is 0.627. The van der Waals surface area contributed by atoms with E-state index >= 15 is 0 Å². The molecule has 6 nitrogen and oxygen atoms in total. The fourth-order valence-electron chi connectivity index (χ4n) is 1.56. The van der Waals surface area contributed by atoms with E-state index in [1.807, 2.05) is 0 Å². The summed E-state index contributed by atoms with van der Waals surface area (Å²) in [4.78, 5) is 10.2. The average molecular weight is 266 g/mol. The van der Waals surface area contributed by atoms with Crippen molar-refractivity contribution in [2.75, 3.05) is 0 Å². The average Bonchev–Trinajstić information content (AvgIpc) is 2.75. The normalized spacial score (nSPS) is 12.2. The van der Waals surface area contributed by atoms with Crippen molar-refractivity contribution in [3.05, 3.63) is 51.7 Å². The Kier molecular flexibility index (Phi) is 3.46. The largest absolute Gasteiger partial charge is 0.475 e. The van der Waals surface area contributed by atoms with Crippen molar-refractivity contribution in [1.82, 2.24) is 5.16 Å². The fourth-order valence-corrected chi connectivity index (χ4v) is 1.56. The van der Waals surface area contributed by atoms with E-state index in [0.29, 0.717) is 11.5 Å². The van der Waals surface area contributed by atoms with Crippen molar-refractivity contribution < 1.29 is 18.6 Å². The zero-order chi connectivity index (χ0) is 14.0. The summed E-state index contributed by atoms with van der Waals surface area (Å²) in [6.07, 6.45) is -0.610. The van der Waals surface area contributed by atoms with Gasteiger partial charge in [-0.15, -0.1) is 0 Å². The lowest BCUT2D eigenvalue weighted by atomic mass is 10.2. The summed E-state index contributed by atoms with van der Waals surface area (Å²) in [7, 11) is 0. The smallest absolute Gasteiger partial charge is 0.311 e. The van der Waals surface area contributed by atoms with Crippen LogP contribution in [0.15, 0.2) is 28.8 Å². The Morgan fingerprint density at radius 3 is 2.79 bits per heavy atom. The number of benzene rings is 1. The van der Waals surface area contributed by atoms with Crippen LogP contribution in [0.2, 0.25) is 0 Å². The van der Waals surface area contributed by atoms with E-state index in [4.69, 9.17) is 9.26 Å². The van der Waals surface area contributed by atoms with Crippen LogP contribution in [0.4, 0.5) is 10.1 Å². The number of hydrogen-bond donors (Lipinski definition) is 0. The summed E-state index contributed by atoms with van der Waals surface area (Å²) in [5.41, 5.74) is 0.365. The predicted molar refractivity (Wildman–Crippen MR) is 63.3 cm³/mol. The second-order valence-corrected chi connectivity index (χ2v) is 4.00. The molecule has 1 aromatic carbocycles. The van der Waals surface area contributed by atoms with Crippen LogP contribution < -0.4 is 4.74 Å². The van der Waals surface area contributed by atoms with Crippen LogP contribution in [-0.4, -0.2) is 10.1 Å². The highest BCUT2D eigenvalue weighted by Crippen LogP contribution is 2.31. The number of aryl methyl sites for hydroxylation is 1. The van der Waals surface area contributed by atoms with Crippen LogP contribution in [0.25, 0.3) is 0 Å². The SMILES string of the molecule is Cc1cc(C(C)Oc2cc(F)ccc2[N+](=O)[O-])on1. The van der Waals surface area contributed by atoms with Crippen molar-refractivity contribution >= 4 is 5.69 Å². The molecule has 0 aliphatic heterocycles. The summed E-state index contributed by atoms with van der Waals surface area (Å²) in [6.45, 7) is 3.37. The maximum Gasteiger partial charge on any atom is 0.311 e. The molecule has 1 aromatic heterocycles. The van der Waals surface area contributed by atoms with Gasteiger partial charge in [-0.25, -0.2) is 4.39 Å². The molecule has 0 radical (unpaired) electrons. The minimum atomic E-state index is -0.632. The minimum Gasteiger partial charge on any atom is -0.475 e. The molecule has 2 aromatic rings. The highest BCUT2D eigenvalue weighted by molar-refractivity contribution is 5.46. The second kappa shape index (κ2) is 5.05. The highest BCUT2D eigenvalue weighted by atomic mass is 19.1. The van der Waals surface area contributed by atoms with Crippen molar-refractivity contribution in [3.63, 3.8) is 0 Å². The molecule has 0 spiro atoms. The van der Waals surface area contributed by atoms with Crippen molar-refractivity contribution in [3.8, 4) is 5.75 Å². The number of halogens is 1. The van der Waals surface area contributed by atoms with E-state index in [2.05, 4.69) is 5.16 Å². The Morgan fingerprint density at radius 1 is 1.47 bits per heavy atom. The Balaban J connectivity index is 2.27. The summed E-state index contributed by atoms with van der Waals surface area (Å²) in [5.74, 6) is -0.343. The lowest BCUT2D eigenvalue weighted by Crippen LogP contribution is -2.04. The van der Waals surface area contributed by atoms with Crippen LogP contribution in [0.3, 0.4) is 0 Å². The van der Waals surface area contributed by atoms with Gasteiger partial charge in [0.15, 0.2) is 11.9 Å². The zero-order valence-electron chi connectivity index (χ0n) is 10.3. The first-order valence-electron chi connectivity index (χ1n) is 5.51. The molecule has 100 valence electrons. The maximum absolute atomic E-state index is 13.1. The Hall–Kier alpha value is -2.44. The molecule has 0 saturated carbocycles. The van der Waals surface area contributed by atoms with Crippen molar-refractivity contribution in [2.24, 2.45) is 0 Å². The van der Waals surface area contributed by atoms with Crippen LogP contribution in [0, 0.1) is 22.9 Å². The number of ether oxygens (including phenoxy) is 1. The van der Waals surface area contributed by atoms with Gasteiger partial charge < -0.3 is 9.26 Å². The van der Waals surface area contributed by atoms with Crippen molar-refractivity contribution in [2.45, 2.75) is 20.0 Å². The number of nitro groups is 1. The van der Waals surface area contributed by atoms with Gasteiger partial charge in [-0.05, 0) is 19.9 Å². The van der Waals surface area contributed by atoms with Gasteiger partial charge in [0.1, 0.15) is 5.82 Å². The van der Waals surface area contributed by atoms with Gasteiger partial charge in [-0.1, -0.05) is 5.16 Å². The summed E-state index contributed by atoms with van der Waals surface area (Å²) in [5, 5.41) is 14.5. The first kappa shape index (κ1) is 13.0. The first-order valence-corrected chi connectivity index (χ1v) is 5.51. The molecule has 0 bridgehead atoms. The van der Waals surface area contributed by atoms with Crippen LogP contribution in [0.1, 0.15) is 24.5 Å². The Morgan fingerprint density at radius 2 is 2.21 bits per heavy atom. The van der Waals surface area contributed by atoms with E-state index in [-0.39, 0.29) is 11.4 Å². The predicted octanol–water partition coefficient (Wildman–Crippen LogP) is 3.17. The molecule has 0 N–H and O–H groups in total. The molecule has 0 aliphatic carbocycles. The van der Waals surface area contributed by atoms with Gasteiger partial charge in [0.25, 0.3) is 0 Å². The van der Waals surface area contributed by atoms with Gasteiger partial charge in [-0.3, -0.25) is 10.1 Å². The third-order valence-corrected chi connectivity index (χ3v) is 2.47. The van der Waals surface area contributed by atoms with E-state index < -0.39 is 16.8 Å². The summed E-state index contributed by atoms with van der Waals surface area (Å²) < 4.78 is 23.5. The number of aromatic nitrogens is 1. The maximum atomic E-state index is 13.1. The Labute approximate surface area is 107 Å². The molecule has 7 heteroatoms. The van der Waals surface area contributed by atoms with E-state index in [0.717, 1.165) is 18.2 Å². The summed E-state index contributed by atoms with van der Waals surface area (Å²) >= 11 is 0. The van der Waals surface area contributed by atoms with Crippen LogP contribution >= 0.6 is 0 Å². The molecule has 0 aliphatic rings. The van der Waals surface area contributed by atoms with Crippen LogP contribution in [-0.2, 0) is 0 Å². The van der Waals surface area contributed by atoms with E-state index in [1.165, 1.54) is 0 Å². The number of nitrogens with zero attached hydrogens (tertiary/aromatic N) is 2. The molecule has 2 rings (SSSR count). The number of nitro benzene ring substituents is 1. The second-order valence-electron chi connectivity index (χ2n) is 4.00. The van der Waals surface area contributed by atoms with Gasteiger partial charge >= 0.3 is 5.69 Å². The van der Waals surface area contributed by atoms with Gasteiger partial charge in [0, 0.05) is 18.2 Å². The lowest BCUT2D eigenvalue weighted by Gasteiger charge is -2.11. The Bertz CT molecular complexity index is 612. The molecule has 1 unspecified atom stereocenters. The molecule has 1 atom stereocenters. The first-order chi connectivity index (χ1) is 8.97. The third-order valence-electron chi connectivity index (χ3n) is 2.47. The standard InChI is InChI=1S/C12H11FN2O4/c1-7-5-11(19-14-7)8(2)18-12-6-9(13)3-4-10(12)15(16)17/h3-6,8H,1-2H3. The molecule has 19 heavy (non-hydrogen) atoms. The number of hydrogen-bond acceptors (Lipinski definition) is 5. The van der Waals surface area contributed by atoms with Gasteiger partial charge in [0.05, 0.1) is 10.6 Å². The molecular formula is C12H11FN2O4. The minimum absolute atomic E-state index is 0.147. The highest BCUT2D eigenvalue weighted by Gasteiger charge is 2.20. The van der Waals surface area contributed by atoms with E-state index in [1.54, 1.807) is 19.9 Å².